The minimum atomic E-state index is -4.50. The van der Waals surface area contributed by atoms with Crippen molar-refractivity contribution < 1.29 is 18.0 Å². The van der Waals surface area contributed by atoms with Gasteiger partial charge in [-0.05, 0) is 29.8 Å². The molecule has 2 rings (SSSR count). The fourth-order valence-corrected chi connectivity index (χ4v) is 2.38. The SMILES string of the molecule is O=C(Cc1ccncc1Cl)c1cc(C(F)(F)F)ccc1Br. The Morgan fingerprint density at radius 3 is 2.62 bits per heavy atom. The third-order valence-corrected chi connectivity index (χ3v) is 3.83. The molecule has 0 saturated carbocycles. The van der Waals surface area contributed by atoms with Crippen molar-refractivity contribution in [1.29, 1.82) is 0 Å². The molecule has 0 unspecified atom stereocenters. The van der Waals surface area contributed by atoms with Gasteiger partial charge >= 0.3 is 6.18 Å². The Labute approximate surface area is 132 Å². The highest BCUT2D eigenvalue weighted by Crippen LogP contribution is 2.32. The van der Waals surface area contributed by atoms with Crippen molar-refractivity contribution in [2.45, 2.75) is 12.6 Å². The molecule has 2 aromatic rings. The predicted octanol–water partition coefficient (Wildman–Crippen LogP) is 4.94. The second kappa shape index (κ2) is 6.15. The van der Waals surface area contributed by atoms with Crippen molar-refractivity contribution >= 4 is 33.3 Å². The molecule has 0 aliphatic carbocycles. The average molecular weight is 379 g/mol. The molecular weight excluding hydrogens is 371 g/mol. The van der Waals surface area contributed by atoms with Crippen LogP contribution in [0.3, 0.4) is 0 Å². The van der Waals surface area contributed by atoms with Crippen molar-refractivity contribution in [3.63, 3.8) is 0 Å². The van der Waals surface area contributed by atoms with Crippen LogP contribution < -0.4 is 0 Å². The van der Waals surface area contributed by atoms with Gasteiger partial charge in [-0.15, -0.1) is 0 Å². The maximum Gasteiger partial charge on any atom is 0.416 e. The topological polar surface area (TPSA) is 30.0 Å². The number of carbonyl (C=O) groups excluding carboxylic acids is 1. The van der Waals surface area contributed by atoms with Crippen LogP contribution in [-0.4, -0.2) is 10.8 Å². The number of halogens is 5. The van der Waals surface area contributed by atoms with Gasteiger partial charge in [0.15, 0.2) is 5.78 Å². The Morgan fingerprint density at radius 2 is 2.00 bits per heavy atom. The van der Waals surface area contributed by atoms with Crippen LogP contribution in [0.25, 0.3) is 0 Å². The van der Waals surface area contributed by atoms with Gasteiger partial charge in [-0.25, -0.2) is 0 Å². The molecule has 0 fully saturated rings. The molecule has 1 heterocycles. The lowest BCUT2D eigenvalue weighted by molar-refractivity contribution is -0.137. The Balaban J connectivity index is 2.33. The van der Waals surface area contributed by atoms with Gasteiger partial charge in [0.2, 0.25) is 0 Å². The van der Waals surface area contributed by atoms with Crippen molar-refractivity contribution in [3.05, 3.63) is 62.8 Å². The zero-order valence-electron chi connectivity index (χ0n) is 10.4. The van der Waals surface area contributed by atoms with Gasteiger partial charge in [-0.2, -0.15) is 13.2 Å². The first kappa shape index (κ1) is 16.0. The van der Waals surface area contributed by atoms with Crippen LogP contribution >= 0.6 is 27.5 Å². The van der Waals surface area contributed by atoms with E-state index >= 15 is 0 Å². The van der Waals surface area contributed by atoms with Crippen LogP contribution in [0, 0.1) is 0 Å². The quantitative estimate of drug-likeness (QED) is 0.708. The van der Waals surface area contributed by atoms with Crippen LogP contribution in [0.4, 0.5) is 13.2 Å². The number of ketones is 1. The Hall–Kier alpha value is -1.40. The lowest BCUT2D eigenvalue weighted by Crippen LogP contribution is -2.10. The summed E-state index contributed by atoms with van der Waals surface area (Å²) in [6, 6.07) is 4.52. The molecule has 0 bridgehead atoms. The number of benzene rings is 1. The molecule has 21 heavy (non-hydrogen) atoms. The maximum absolute atomic E-state index is 12.7. The van der Waals surface area contributed by atoms with Crippen LogP contribution in [0.2, 0.25) is 5.02 Å². The fraction of sp³-hybridized carbons (Fsp3) is 0.143. The van der Waals surface area contributed by atoms with E-state index in [0.29, 0.717) is 15.1 Å². The Morgan fingerprint density at radius 1 is 1.29 bits per heavy atom. The summed E-state index contributed by atoms with van der Waals surface area (Å²) in [5, 5.41) is 0.300. The average Bonchev–Trinajstić information content (AvgIpc) is 2.40. The summed E-state index contributed by atoms with van der Waals surface area (Å²) < 4.78 is 38.4. The summed E-state index contributed by atoms with van der Waals surface area (Å²) in [7, 11) is 0. The summed E-state index contributed by atoms with van der Waals surface area (Å²) in [4.78, 5) is 16.0. The second-order valence-electron chi connectivity index (χ2n) is 4.26. The molecular formula is C14H8BrClF3NO. The number of nitrogens with zero attached hydrogens (tertiary/aromatic N) is 1. The smallest absolute Gasteiger partial charge is 0.294 e. The highest BCUT2D eigenvalue weighted by molar-refractivity contribution is 9.10. The first-order valence-corrected chi connectivity index (χ1v) is 6.94. The predicted molar refractivity (Wildman–Crippen MR) is 76.4 cm³/mol. The van der Waals surface area contributed by atoms with Gasteiger partial charge < -0.3 is 0 Å². The molecule has 110 valence electrons. The van der Waals surface area contributed by atoms with E-state index in [2.05, 4.69) is 20.9 Å². The van der Waals surface area contributed by atoms with E-state index < -0.39 is 17.5 Å². The molecule has 0 saturated heterocycles. The van der Waals surface area contributed by atoms with E-state index in [1.165, 1.54) is 18.5 Å². The van der Waals surface area contributed by atoms with Gasteiger partial charge in [-0.3, -0.25) is 9.78 Å². The number of pyridine rings is 1. The number of Topliss-reactive ketones (excluding diaryl/α,β-unsaturated/α-hetero) is 1. The third-order valence-electron chi connectivity index (χ3n) is 2.80. The zero-order valence-corrected chi connectivity index (χ0v) is 12.8. The monoisotopic (exact) mass is 377 g/mol. The van der Waals surface area contributed by atoms with E-state index in [-0.39, 0.29) is 12.0 Å². The first-order chi connectivity index (χ1) is 9.79. The third kappa shape index (κ3) is 3.83. The van der Waals surface area contributed by atoms with Gasteiger partial charge in [0.25, 0.3) is 0 Å². The Kier molecular flexibility index (Phi) is 4.68. The second-order valence-corrected chi connectivity index (χ2v) is 5.52. The molecule has 0 radical (unpaired) electrons. The van der Waals surface area contributed by atoms with Crippen molar-refractivity contribution in [2.24, 2.45) is 0 Å². The van der Waals surface area contributed by atoms with E-state index in [1.807, 2.05) is 0 Å². The van der Waals surface area contributed by atoms with E-state index in [4.69, 9.17) is 11.6 Å². The summed E-state index contributed by atoms with van der Waals surface area (Å²) in [6.07, 6.45) is -1.74. The molecule has 2 nitrogen and oxygen atoms in total. The summed E-state index contributed by atoms with van der Waals surface area (Å²) in [5.41, 5.74) is -0.381. The van der Waals surface area contributed by atoms with Crippen LogP contribution in [0.1, 0.15) is 21.5 Å². The molecule has 1 aromatic heterocycles. The maximum atomic E-state index is 12.7. The number of aromatic nitrogens is 1. The number of hydrogen-bond acceptors (Lipinski definition) is 2. The minimum Gasteiger partial charge on any atom is -0.294 e. The van der Waals surface area contributed by atoms with Crippen molar-refractivity contribution in [2.75, 3.05) is 0 Å². The van der Waals surface area contributed by atoms with Crippen LogP contribution in [0.15, 0.2) is 41.1 Å². The zero-order chi connectivity index (χ0) is 15.6. The summed E-state index contributed by atoms with van der Waals surface area (Å²) in [5.74, 6) is -0.457. The number of rotatable bonds is 3. The van der Waals surface area contributed by atoms with Gasteiger partial charge in [0, 0.05) is 28.9 Å². The summed E-state index contributed by atoms with van der Waals surface area (Å²) >= 11 is 8.99. The fourth-order valence-electron chi connectivity index (χ4n) is 1.73. The molecule has 0 aliphatic heterocycles. The Bertz CT molecular complexity index is 688. The largest absolute Gasteiger partial charge is 0.416 e. The van der Waals surface area contributed by atoms with E-state index in [9.17, 15) is 18.0 Å². The van der Waals surface area contributed by atoms with Crippen molar-refractivity contribution in [1.82, 2.24) is 4.98 Å². The molecule has 0 atom stereocenters. The molecule has 0 N–H and O–H groups in total. The normalized spacial score (nSPS) is 11.5. The van der Waals surface area contributed by atoms with Gasteiger partial charge in [0.1, 0.15) is 0 Å². The van der Waals surface area contributed by atoms with Crippen LogP contribution in [0.5, 0.6) is 0 Å². The first-order valence-electron chi connectivity index (χ1n) is 5.77. The highest BCUT2D eigenvalue weighted by Gasteiger charge is 2.31. The number of hydrogen-bond donors (Lipinski definition) is 0. The van der Waals surface area contributed by atoms with Gasteiger partial charge in [0.05, 0.1) is 10.6 Å². The molecule has 0 aliphatic rings. The van der Waals surface area contributed by atoms with E-state index in [0.717, 1.165) is 12.1 Å². The highest BCUT2D eigenvalue weighted by atomic mass is 79.9. The minimum absolute atomic E-state index is 0.0299. The molecule has 7 heteroatoms. The molecule has 0 amide bonds. The van der Waals surface area contributed by atoms with E-state index in [1.54, 1.807) is 6.07 Å². The molecule has 1 aromatic carbocycles. The number of carbonyl (C=O) groups is 1. The van der Waals surface area contributed by atoms with Crippen LogP contribution in [-0.2, 0) is 12.6 Å². The number of alkyl halides is 3. The lowest BCUT2D eigenvalue weighted by Gasteiger charge is -2.10. The van der Waals surface area contributed by atoms with Crippen molar-refractivity contribution in [3.8, 4) is 0 Å². The molecule has 0 spiro atoms. The summed E-state index contributed by atoms with van der Waals surface area (Å²) in [6.45, 7) is 0. The standard InChI is InChI=1S/C14H8BrClF3NO/c15-11-2-1-9(14(17,18)19)6-10(11)13(21)5-8-3-4-20-7-12(8)16/h1-4,6-7H,5H2. The van der Waals surface area contributed by atoms with Gasteiger partial charge in [-0.1, -0.05) is 27.5 Å². The lowest BCUT2D eigenvalue weighted by atomic mass is 10.0.